The number of aromatic nitrogens is 2. The minimum Gasteiger partial charge on any atom is -0.381 e. The highest BCUT2D eigenvalue weighted by Crippen LogP contribution is 2.27. The van der Waals surface area contributed by atoms with Crippen molar-refractivity contribution in [2.75, 3.05) is 20.3 Å². The van der Waals surface area contributed by atoms with Crippen LogP contribution < -0.4 is 5.32 Å². The van der Waals surface area contributed by atoms with Crippen molar-refractivity contribution < 1.29 is 4.74 Å². The van der Waals surface area contributed by atoms with Crippen LogP contribution in [-0.2, 0) is 4.74 Å². The van der Waals surface area contributed by atoms with E-state index in [1.54, 1.807) is 0 Å². The van der Waals surface area contributed by atoms with Crippen LogP contribution in [0, 0.1) is 5.92 Å². The molecule has 2 unspecified atom stereocenters. The van der Waals surface area contributed by atoms with Gasteiger partial charge in [0.15, 0.2) is 0 Å². The molecule has 0 bridgehead atoms. The third-order valence-corrected chi connectivity index (χ3v) is 3.93. The highest BCUT2D eigenvalue weighted by Gasteiger charge is 2.26. The first kappa shape index (κ1) is 13.3. The molecule has 106 valence electrons. The summed E-state index contributed by atoms with van der Waals surface area (Å²) in [7, 11) is 2.00. The molecule has 1 aromatic carbocycles. The fraction of sp³-hybridized carbons (Fsp3) is 0.438. The predicted molar refractivity (Wildman–Crippen MR) is 78.9 cm³/mol. The summed E-state index contributed by atoms with van der Waals surface area (Å²) in [5.41, 5.74) is 2.18. The minimum atomic E-state index is 0.264. The molecule has 2 aromatic rings. The molecular weight excluding hydrogens is 250 g/mol. The highest BCUT2D eigenvalue weighted by molar-refractivity contribution is 5.30. The van der Waals surface area contributed by atoms with E-state index >= 15 is 0 Å². The summed E-state index contributed by atoms with van der Waals surface area (Å²) >= 11 is 0. The largest absolute Gasteiger partial charge is 0.381 e. The van der Waals surface area contributed by atoms with Crippen LogP contribution in [0.15, 0.2) is 42.6 Å². The summed E-state index contributed by atoms with van der Waals surface area (Å²) in [6.07, 6.45) is 4.37. The molecule has 3 rings (SSSR count). The first-order valence-electron chi connectivity index (χ1n) is 7.24. The lowest BCUT2D eigenvalue weighted by Crippen LogP contribution is -2.31. The zero-order valence-corrected chi connectivity index (χ0v) is 11.8. The molecule has 1 N–H and O–H groups in total. The second-order valence-corrected chi connectivity index (χ2v) is 5.26. The Morgan fingerprint density at radius 1 is 1.30 bits per heavy atom. The van der Waals surface area contributed by atoms with E-state index in [0.29, 0.717) is 5.92 Å². The summed E-state index contributed by atoms with van der Waals surface area (Å²) in [5.74, 6) is 0.507. The molecular formula is C16H21N3O. The molecule has 0 aliphatic carbocycles. The van der Waals surface area contributed by atoms with Gasteiger partial charge in [-0.05, 0) is 38.1 Å². The third kappa shape index (κ3) is 2.76. The number of nitrogens with zero attached hydrogens (tertiary/aromatic N) is 2. The summed E-state index contributed by atoms with van der Waals surface area (Å²) in [6, 6.07) is 12.6. The van der Waals surface area contributed by atoms with Gasteiger partial charge in [-0.15, -0.1) is 0 Å². The second kappa shape index (κ2) is 6.20. The molecule has 20 heavy (non-hydrogen) atoms. The van der Waals surface area contributed by atoms with E-state index in [1.165, 1.54) is 6.42 Å². The molecule has 1 aromatic heterocycles. The van der Waals surface area contributed by atoms with Gasteiger partial charge in [-0.25, -0.2) is 4.68 Å². The first-order chi connectivity index (χ1) is 9.88. The maximum atomic E-state index is 5.60. The van der Waals surface area contributed by atoms with Crippen molar-refractivity contribution in [2.24, 2.45) is 5.92 Å². The van der Waals surface area contributed by atoms with E-state index in [4.69, 9.17) is 9.84 Å². The monoisotopic (exact) mass is 271 g/mol. The zero-order valence-electron chi connectivity index (χ0n) is 11.8. The van der Waals surface area contributed by atoms with Gasteiger partial charge in [0.05, 0.1) is 24.0 Å². The van der Waals surface area contributed by atoms with Crippen LogP contribution >= 0.6 is 0 Å². The summed E-state index contributed by atoms with van der Waals surface area (Å²) < 4.78 is 7.54. The summed E-state index contributed by atoms with van der Waals surface area (Å²) in [4.78, 5) is 0. The Morgan fingerprint density at radius 2 is 2.15 bits per heavy atom. The van der Waals surface area contributed by atoms with Crippen molar-refractivity contribution >= 4 is 0 Å². The molecule has 2 atom stereocenters. The van der Waals surface area contributed by atoms with Gasteiger partial charge in [-0.1, -0.05) is 18.2 Å². The van der Waals surface area contributed by atoms with E-state index < -0.39 is 0 Å². The number of ether oxygens (including phenoxy) is 1. The van der Waals surface area contributed by atoms with Gasteiger partial charge in [-0.2, -0.15) is 5.10 Å². The van der Waals surface area contributed by atoms with Crippen LogP contribution in [0.2, 0.25) is 0 Å². The lowest BCUT2D eigenvalue weighted by Gasteiger charge is -2.28. The minimum absolute atomic E-state index is 0.264. The Balaban J connectivity index is 1.80. The molecule has 4 heteroatoms. The average Bonchev–Trinajstić information content (AvgIpc) is 3.00. The predicted octanol–water partition coefficient (Wildman–Crippen LogP) is 2.56. The fourth-order valence-corrected chi connectivity index (χ4v) is 2.88. The summed E-state index contributed by atoms with van der Waals surface area (Å²) in [6.45, 7) is 1.72. The van der Waals surface area contributed by atoms with Crippen LogP contribution in [-0.4, -0.2) is 30.0 Å². The topological polar surface area (TPSA) is 39.1 Å². The Labute approximate surface area is 119 Å². The van der Waals surface area contributed by atoms with Gasteiger partial charge < -0.3 is 10.1 Å². The Bertz CT molecular complexity index is 532. The van der Waals surface area contributed by atoms with Crippen molar-refractivity contribution in [3.63, 3.8) is 0 Å². The first-order valence-corrected chi connectivity index (χ1v) is 7.24. The molecule has 1 fully saturated rings. The van der Waals surface area contributed by atoms with Gasteiger partial charge >= 0.3 is 0 Å². The molecule has 1 aliphatic heterocycles. The normalized spacial score (nSPS) is 20.8. The SMILES string of the molecule is CNC(c1ccn(-c2ccccc2)n1)C1CCCOC1. The Hall–Kier alpha value is -1.65. The molecule has 1 saturated heterocycles. The number of hydrogen-bond acceptors (Lipinski definition) is 3. The van der Waals surface area contributed by atoms with E-state index in [0.717, 1.165) is 31.0 Å². The van der Waals surface area contributed by atoms with Crippen molar-refractivity contribution in [3.8, 4) is 5.69 Å². The smallest absolute Gasteiger partial charge is 0.0802 e. The molecule has 4 nitrogen and oxygen atoms in total. The van der Waals surface area contributed by atoms with Crippen LogP contribution in [0.1, 0.15) is 24.6 Å². The van der Waals surface area contributed by atoms with Crippen molar-refractivity contribution in [1.29, 1.82) is 0 Å². The number of para-hydroxylation sites is 1. The standard InChI is InChI=1S/C16H21N3O/c1-17-16(13-6-5-11-20-12-13)15-9-10-19(18-15)14-7-3-2-4-8-14/h2-4,7-10,13,16-17H,5-6,11-12H2,1H3. The van der Waals surface area contributed by atoms with Crippen molar-refractivity contribution in [3.05, 3.63) is 48.3 Å². The van der Waals surface area contributed by atoms with E-state index in [9.17, 15) is 0 Å². The molecule has 0 saturated carbocycles. The maximum Gasteiger partial charge on any atom is 0.0802 e. The third-order valence-electron chi connectivity index (χ3n) is 3.93. The van der Waals surface area contributed by atoms with Crippen LogP contribution in [0.4, 0.5) is 0 Å². The average molecular weight is 271 g/mol. The molecule has 0 amide bonds. The number of hydrogen-bond donors (Lipinski definition) is 1. The van der Waals surface area contributed by atoms with E-state index in [-0.39, 0.29) is 6.04 Å². The maximum absolute atomic E-state index is 5.60. The zero-order chi connectivity index (χ0) is 13.8. The van der Waals surface area contributed by atoms with Gasteiger partial charge in [0, 0.05) is 18.7 Å². The van der Waals surface area contributed by atoms with Gasteiger partial charge in [0.2, 0.25) is 0 Å². The summed E-state index contributed by atoms with van der Waals surface area (Å²) in [5, 5.41) is 8.12. The number of nitrogens with one attached hydrogen (secondary N) is 1. The van der Waals surface area contributed by atoms with Crippen LogP contribution in [0.25, 0.3) is 5.69 Å². The lowest BCUT2D eigenvalue weighted by molar-refractivity contribution is 0.0395. The van der Waals surface area contributed by atoms with Gasteiger partial charge in [0.1, 0.15) is 0 Å². The van der Waals surface area contributed by atoms with Gasteiger partial charge in [0.25, 0.3) is 0 Å². The van der Waals surface area contributed by atoms with Crippen molar-refractivity contribution in [2.45, 2.75) is 18.9 Å². The van der Waals surface area contributed by atoms with E-state index in [1.807, 2.05) is 36.1 Å². The van der Waals surface area contributed by atoms with Crippen LogP contribution in [0.3, 0.4) is 0 Å². The quantitative estimate of drug-likeness (QED) is 0.929. The Morgan fingerprint density at radius 3 is 2.85 bits per heavy atom. The van der Waals surface area contributed by atoms with E-state index in [2.05, 4.69) is 23.5 Å². The van der Waals surface area contributed by atoms with Gasteiger partial charge in [-0.3, -0.25) is 0 Å². The van der Waals surface area contributed by atoms with Crippen molar-refractivity contribution in [1.82, 2.24) is 15.1 Å². The molecule has 1 aliphatic rings. The fourth-order valence-electron chi connectivity index (χ4n) is 2.88. The number of benzene rings is 1. The number of rotatable bonds is 4. The molecule has 0 radical (unpaired) electrons. The molecule has 2 heterocycles. The lowest BCUT2D eigenvalue weighted by atomic mass is 9.92. The molecule has 0 spiro atoms. The second-order valence-electron chi connectivity index (χ2n) is 5.26. The van der Waals surface area contributed by atoms with Crippen LogP contribution in [0.5, 0.6) is 0 Å². The highest BCUT2D eigenvalue weighted by atomic mass is 16.5. The Kier molecular flexibility index (Phi) is 4.14.